The Hall–Kier alpha value is -2.05. The number of morpholine rings is 1. The topological polar surface area (TPSA) is 58.6 Å². The van der Waals surface area contributed by atoms with Crippen LogP contribution in [-0.4, -0.2) is 40.5 Å². The number of aryl methyl sites for hydroxylation is 2. The van der Waals surface area contributed by atoms with Crippen LogP contribution in [0.3, 0.4) is 0 Å². The van der Waals surface area contributed by atoms with Gasteiger partial charge in [-0.25, -0.2) is 8.42 Å². The van der Waals surface area contributed by atoms with Gasteiger partial charge in [-0.3, -0.25) is 4.72 Å². The van der Waals surface area contributed by atoms with Gasteiger partial charge >= 0.3 is 0 Å². The molecule has 1 fully saturated rings. The summed E-state index contributed by atoms with van der Waals surface area (Å²) in [7, 11) is -3.37. The van der Waals surface area contributed by atoms with Gasteiger partial charge in [0.1, 0.15) is 0 Å². The van der Waals surface area contributed by atoms with Crippen LogP contribution in [0, 0.1) is 6.92 Å². The van der Waals surface area contributed by atoms with E-state index in [0.717, 1.165) is 36.3 Å². The Morgan fingerprint density at radius 3 is 2.54 bits per heavy atom. The molecule has 1 N–H and O–H groups in total. The van der Waals surface area contributed by atoms with E-state index in [1.54, 1.807) is 0 Å². The van der Waals surface area contributed by atoms with Gasteiger partial charge in [0.05, 0.1) is 24.7 Å². The number of benzene rings is 2. The van der Waals surface area contributed by atoms with Crippen LogP contribution >= 0.6 is 0 Å². The van der Waals surface area contributed by atoms with E-state index < -0.39 is 10.0 Å². The molecule has 0 spiro atoms. The first-order valence-corrected chi connectivity index (χ1v) is 10.7. The lowest BCUT2D eigenvalue weighted by molar-refractivity contribution is 0.122. The predicted molar refractivity (Wildman–Crippen MR) is 106 cm³/mol. The number of nitrogens with zero attached hydrogens (tertiary/aromatic N) is 1. The first kappa shape index (κ1) is 18.7. The molecule has 0 aromatic heterocycles. The fourth-order valence-corrected chi connectivity index (χ4v) is 4.25. The lowest BCUT2D eigenvalue weighted by Gasteiger charge is -2.29. The van der Waals surface area contributed by atoms with Crippen molar-refractivity contribution in [3.05, 3.63) is 59.7 Å². The summed E-state index contributed by atoms with van der Waals surface area (Å²) in [4.78, 5) is 2.22. The first-order valence-electron chi connectivity index (χ1n) is 9.01. The molecule has 5 nitrogen and oxygen atoms in total. The van der Waals surface area contributed by atoms with Crippen molar-refractivity contribution in [3.63, 3.8) is 0 Å². The van der Waals surface area contributed by atoms with Gasteiger partial charge in [0, 0.05) is 18.8 Å². The highest BCUT2D eigenvalue weighted by Gasteiger charge is 2.15. The van der Waals surface area contributed by atoms with E-state index in [0.29, 0.717) is 25.3 Å². The molecule has 0 atom stereocenters. The van der Waals surface area contributed by atoms with Crippen molar-refractivity contribution in [2.45, 2.75) is 19.8 Å². The van der Waals surface area contributed by atoms with E-state index in [1.807, 2.05) is 55.5 Å². The van der Waals surface area contributed by atoms with Crippen molar-refractivity contribution in [2.24, 2.45) is 0 Å². The molecule has 1 saturated heterocycles. The molecule has 3 rings (SSSR count). The predicted octanol–water partition coefficient (Wildman–Crippen LogP) is 3.21. The Morgan fingerprint density at radius 2 is 1.81 bits per heavy atom. The molecular weight excluding hydrogens is 348 g/mol. The smallest absolute Gasteiger partial charge is 0.232 e. The molecule has 0 bridgehead atoms. The van der Waals surface area contributed by atoms with Crippen molar-refractivity contribution >= 4 is 21.4 Å². The summed E-state index contributed by atoms with van der Waals surface area (Å²) in [6.07, 6.45) is 1.36. The van der Waals surface area contributed by atoms with Crippen LogP contribution in [0.5, 0.6) is 0 Å². The minimum absolute atomic E-state index is 0.114. The summed E-state index contributed by atoms with van der Waals surface area (Å²) in [6.45, 7) is 4.98. The highest BCUT2D eigenvalue weighted by atomic mass is 32.2. The number of anilines is 2. The van der Waals surface area contributed by atoms with E-state index in [-0.39, 0.29) is 5.75 Å². The van der Waals surface area contributed by atoms with Crippen LogP contribution in [0.4, 0.5) is 11.4 Å². The molecule has 0 saturated carbocycles. The number of sulfonamides is 1. The Balaban J connectivity index is 1.62. The van der Waals surface area contributed by atoms with Crippen molar-refractivity contribution in [2.75, 3.05) is 41.7 Å². The lowest BCUT2D eigenvalue weighted by Crippen LogP contribution is -2.36. The van der Waals surface area contributed by atoms with Gasteiger partial charge in [0.25, 0.3) is 0 Å². The zero-order valence-electron chi connectivity index (χ0n) is 15.1. The summed E-state index contributed by atoms with van der Waals surface area (Å²) >= 11 is 0. The minimum atomic E-state index is -3.37. The molecule has 0 unspecified atom stereocenters. The van der Waals surface area contributed by atoms with E-state index in [2.05, 4.69) is 9.62 Å². The molecule has 2 aromatic rings. The van der Waals surface area contributed by atoms with Crippen LogP contribution in [0.2, 0.25) is 0 Å². The van der Waals surface area contributed by atoms with Crippen molar-refractivity contribution in [3.8, 4) is 0 Å². The molecule has 26 heavy (non-hydrogen) atoms. The molecule has 140 valence electrons. The molecule has 0 radical (unpaired) electrons. The SMILES string of the molecule is Cc1ccc(N2CCOCC2)cc1NS(=O)(=O)CCCc1ccccc1. The zero-order chi connectivity index (χ0) is 18.4. The second kappa shape index (κ2) is 8.56. The summed E-state index contributed by atoms with van der Waals surface area (Å²) in [5.74, 6) is 0.114. The number of hydrogen-bond donors (Lipinski definition) is 1. The van der Waals surface area contributed by atoms with Gasteiger partial charge in [-0.05, 0) is 43.0 Å². The monoisotopic (exact) mass is 374 g/mol. The minimum Gasteiger partial charge on any atom is -0.378 e. The Labute approximate surface area is 156 Å². The molecule has 2 aromatic carbocycles. The van der Waals surface area contributed by atoms with Crippen LogP contribution in [-0.2, 0) is 21.2 Å². The summed E-state index contributed by atoms with van der Waals surface area (Å²) in [5, 5.41) is 0. The quantitative estimate of drug-likeness (QED) is 0.808. The van der Waals surface area contributed by atoms with Gasteiger partial charge < -0.3 is 9.64 Å². The highest BCUT2D eigenvalue weighted by Crippen LogP contribution is 2.25. The molecule has 0 amide bonds. The van der Waals surface area contributed by atoms with E-state index in [1.165, 1.54) is 0 Å². The van der Waals surface area contributed by atoms with Gasteiger partial charge in [0.15, 0.2) is 0 Å². The average molecular weight is 375 g/mol. The number of rotatable bonds is 7. The maximum Gasteiger partial charge on any atom is 0.232 e. The van der Waals surface area contributed by atoms with Crippen LogP contribution in [0.1, 0.15) is 17.5 Å². The summed E-state index contributed by atoms with van der Waals surface area (Å²) in [5.41, 5.74) is 3.77. The number of ether oxygens (including phenoxy) is 1. The van der Waals surface area contributed by atoms with E-state index >= 15 is 0 Å². The summed E-state index contributed by atoms with van der Waals surface area (Å²) in [6, 6.07) is 15.9. The van der Waals surface area contributed by atoms with E-state index in [4.69, 9.17) is 4.74 Å². The van der Waals surface area contributed by atoms with E-state index in [9.17, 15) is 8.42 Å². The van der Waals surface area contributed by atoms with Gasteiger partial charge in [-0.15, -0.1) is 0 Å². The van der Waals surface area contributed by atoms with Crippen molar-refractivity contribution in [1.29, 1.82) is 0 Å². The number of nitrogens with one attached hydrogen (secondary N) is 1. The molecule has 1 aliphatic rings. The molecular formula is C20H26N2O3S. The van der Waals surface area contributed by atoms with Crippen LogP contribution < -0.4 is 9.62 Å². The molecule has 1 aliphatic heterocycles. The van der Waals surface area contributed by atoms with Crippen molar-refractivity contribution < 1.29 is 13.2 Å². The average Bonchev–Trinajstić information content (AvgIpc) is 2.65. The Morgan fingerprint density at radius 1 is 1.08 bits per heavy atom. The molecule has 1 heterocycles. The van der Waals surface area contributed by atoms with Gasteiger partial charge in [0.2, 0.25) is 10.0 Å². The second-order valence-electron chi connectivity index (χ2n) is 6.61. The largest absolute Gasteiger partial charge is 0.378 e. The van der Waals surface area contributed by atoms with Crippen molar-refractivity contribution in [1.82, 2.24) is 0 Å². The lowest BCUT2D eigenvalue weighted by atomic mass is 10.1. The Bertz CT molecular complexity index is 816. The van der Waals surface area contributed by atoms with Crippen LogP contribution in [0.25, 0.3) is 0 Å². The third-order valence-electron chi connectivity index (χ3n) is 4.58. The second-order valence-corrected chi connectivity index (χ2v) is 8.45. The van der Waals surface area contributed by atoms with Gasteiger partial charge in [-0.1, -0.05) is 36.4 Å². The maximum atomic E-state index is 12.5. The fraction of sp³-hybridized carbons (Fsp3) is 0.400. The highest BCUT2D eigenvalue weighted by molar-refractivity contribution is 7.92. The molecule has 0 aliphatic carbocycles. The third kappa shape index (κ3) is 5.22. The Kier molecular flexibility index (Phi) is 6.16. The zero-order valence-corrected chi connectivity index (χ0v) is 16.0. The fourth-order valence-electron chi connectivity index (χ4n) is 3.07. The standard InChI is InChI=1S/C20H26N2O3S/c1-17-9-10-19(22-11-13-25-14-12-22)16-20(17)21-26(23,24)15-5-8-18-6-3-2-4-7-18/h2-4,6-7,9-10,16,21H,5,8,11-15H2,1H3. The van der Waals surface area contributed by atoms with Crippen LogP contribution in [0.15, 0.2) is 48.5 Å². The first-order chi connectivity index (χ1) is 12.5. The summed E-state index contributed by atoms with van der Waals surface area (Å²) < 4.78 is 33.1. The maximum absolute atomic E-state index is 12.5. The normalized spacial score (nSPS) is 15.0. The van der Waals surface area contributed by atoms with Gasteiger partial charge in [-0.2, -0.15) is 0 Å². The third-order valence-corrected chi connectivity index (χ3v) is 5.94. The number of hydrogen-bond acceptors (Lipinski definition) is 4. The molecule has 6 heteroatoms.